The molecule has 1 aliphatic heterocycles. The lowest BCUT2D eigenvalue weighted by Crippen LogP contribution is -2.51. The first kappa shape index (κ1) is 20.0. The van der Waals surface area contributed by atoms with Crippen molar-refractivity contribution in [2.75, 3.05) is 7.11 Å². The maximum absolute atomic E-state index is 12.0. The van der Waals surface area contributed by atoms with E-state index < -0.39 is 17.8 Å². The summed E-state index contributed by atoms with van der Waals surface area (Å²) in [5.41, 5.74) is 1.27. The first-order chi connectivity index (χ1) is 13.9. The zero-order valence-electron chi connectivity index (χ0n) is 15.2. The molecule has 0 saturated carbocycles. The molecule has 1 saturated heterocycles. The van der Waals surface area contributed by atoms with Crippen LogP contribution in [-0.4, -0.2) is 35.1 Å². The smallest absolute Gasteiger partial charge is 0.335 e. The van der Waals surface area contributed by atoms with Gasteiger partial charge >= 0.3 is 5.97 Å². The fraction of sp³-hybridized carbons (Fsp3) is 0.100. The van der Waals surface area contributed by atoms with Gasteiger partial charge in [0.15, 0.2) is 5.11 Å². The van der Waals surface area contributed by atoms with E-state index in [4.69, 9.17) is 26.8 Å². The van der Waals surface area contributed by atoms with Gasteiger partial charge in [-0.3, -0.25) is 20.2 Å². The zero-order chi connectivity index (χ0) is 21.0. The van der Waals surface area contributed by atoms with E-state index in [0.29, 0.717) is 22.6 Å². The molecule has 2 amide bonds. The van der Waals surface area contributed by atoms with Gasteiger partial charge in [-0.2, -0.15) is 0 Å². The average Bonchev–Trinajstić information content (AvgIpc) is 2.69. The Morgan fingerprint density at radius 1 is 1.14 bits per heavy atom. The molecule has 29 heavy (non-hydrogen) atoms. The number of benzene rings is 2. The molecule has 1 fully saturated rings. The topological polar surface area (TPSA) is 114 Å². The zero-order valence-corrected chi connectivity index (χ0v) is 16.0. The molecular weight excluding hydrogens is 396 g/mol. The summed E-state index contributed by atoms with van der Waals surface area (Å²) in [5, 5.41) is 13.7. The van der Waals surface area contributed by atoms with Gasteiger partial charge in [-0.05, 0) is 48.1 Å². The van der Waals surface area contributed by atoms with Crippen LogP contribution >= 0.6 is 12.2 Å². The summed E-state index contributed by atoms with van der Waals surface area (Å²) in [7, 11) is 1.45. The van der Waals surface area contributed by atoms with Crippen LogP contribution < -0.4 is 20.1 Å². The number of carboxylic acids is 1. The Morgan fingerprint density at radius 2 is 1.86 bits per heavy atom. The Labute approximate surface area is 171 Å². The van der Waals surface area contributed by atoms with E-state index in [1.165, 1.54) is 25.3 Å². The molecule has 3 N–H and O–H groups in total. The highest BCUT2D eigenvalue weighted by atomic mass is 32.1. The van der Waals surface area contributed by atoms with Crippen LogP contribution in [0.4, 0.5) is 0 Å². The molecule has 0 radical (unpaired) electrons. The summed E-state index contributed by atoms with van der Waals surface area (Å²) < 4.78 is 11.0. The number of ether oxygens (including phenoxy) is 2. The molecule has 0 unspecified atom stereocenters. The maximum atomic E-state index is 12.0. The van der Waals surface area contributed by atoms with Crippen LogP contribution in [0, 0.1) is 0 Å². The van der Waals surface area contributed by atoms with E-state index >= 15 is 0 Å². The molecule has 2 aromatic carbocycles. The van der Waals surface area contributed by atoms with Crippen LogP contribution in [0.3, 0.4) is 0 Å². The van der Waals surface area contributed by atoms with Gasteiger partial charge in [-0.15, -0.1) is 0 Å². The second-order valence-corrected chi connectivity index (χ2v) is 6.40. The van der Waals surface area contributed by atoms with Crippen LogP contribution in [-0.2, 0) is 16.2 Å². The predicted octanol–water partition coefficient (Wildman–Crippen LogP) is 1.89. The monoisotopic (exact) mass is 412 g/mol. The van der Waals surface area contributed by atoms with Gasteiger partial charge < -0.3 is 14.6 Å². The minimum atomic E-state index is -1.01. The summed E-state index contributed by atoms with van der Waals surface area (Å²) in [6, 6.07) is 11.3. The van der Waals surface area contributed by atoms with Crippen LogP contribution in [0.15, 0.2) is 48.0 Å². The SMILES string of the molecule is COc1cc(OCc2cccc(C(=O)O)c2)ccc1C=C1C(=O)NC(=S)NC1=O. The molecule has 2 aromatic rings. The Morgan fingerprint density at radius 3 is 2.52 bits per heavy atom. The summed E-state index contributed by atoms with van der Waals surface area (Å²) in [6.07, 6.45) is 1.39. The number of aromatic carboxylic acids is 1. The van der Waals surface area contributed by atoms with Crippen LogP contribution in [0.2, 0.25) is 0 Å². The van der Waals surface area contributed by atoms with E-state index in [1.807, 2.05) is 0 Å². The van der Waals surface area contributed by atoms with Crippen molar-refractivity contribution in [3.05, 3.63) is 64.7 Å². The average molecular weight is 412 g/mol. The first-order valence-corrected chi connectivity index (χ1v) is 8.79. The highest BCUT2D eigenvalue weighted by molar-refractivity contribution is 7.80. The fourth-order valence-corrected chi connectivity index (χ4v) is 2.81. The van der Waals surface area contributed by atoms with Crippen molar-refractivity contribution in [2.45, 2.75) is 6.61 Å². The molecule has 0 spiro atoms. The lowest BCUT2D eigenvalue weighted by Gasteiger charge is -2.17. The number of methoxy groups -OCH3 is 1. The molecule has 0 atom stereocenters. The third kappa shape index (κ3) is 4.77. The van der Waals surface area contributed by atoms with Gasteiger partial charge in [0.1, 0.15) is 23.7 Å². The summed E-state index contributed by atoms with van der Waals surface area (Å²) in [5.74, 6) is -1.34. The molecule has 0 bridgehead atoms. The third-order valence-electron chi connectivity index (χ3n) is 4.03. The number of thiocarbonyl (C=S) groups is 1. The van der Waals surface area contributed by atoms with Gasteiger partial charge in [0.25, 0.3) is 11.8 Å². The third-order valence-corrected chi connectivity index (χ3v) is 4.23. The molecular formula is C20H16N2O6S. The van der Waals surface area contributed by atoms with E-state index in [0.717, 1.165) is 0 Å². The normalized spacial score (nSPS) is 13.4. The van der Waals surface area contributed by atoms with E-state index in [-0.39, 0.29) is 22.9 Å². The molecule has 0 aromatic heterocycles. The van der Waals surface area contributed by atoms with Crippen molar-refractivity contribution in [3.63, 3.8) is 0 Å². The number of nitrogens with one attached hydrogen (secondary N) is 2. The van der Waals surface area contributed by atoms with Gasteiger partial charge in [-0.25, -0.2) is 4.79 Å². The van der Waals surface area contributed by atoms with Gasteiger partial charge in [0.2, 0.25) is 0 Å². The summed E-state index contributed by atoms with van der Waals surface area (Å²) >= 11 is 4.77. The fourth-order valence-electron chi connectivity index (χ4n) is 2.62. The van der Waals surface area contributed by atoms with E-state index in [9.17, 15) is 14.4 Å². The highest BCUT2D eigenvalue weighted by Crippen LogP contribution is 2.27. The van der Waals surface area contributed by atoms with Crippen LogP contribution in [0.25, 0.3) is 6.08 Å². The molecule has 1 heterocycles. The number of rotatable bonds is 6. The molecule has 0 aliphatic carbocycles. The minimum Gasteiger partial charge on any atom is -0.496 e. The second kappa shape index (κ2) is 8.53. The number of hydrogen-bond donors (Lipinski definition) is 3. The van der Waals surface area contributed by atoms with Gasteiger partial charge in [0.05, 0.1) is 12.7 Å². The van der Waals surface area contributed by atoms with Crippen molar-refractivity contribution in [3.8, 4) is 11.5 Å². The molecule has 148 valence electrons. The van der Waals surface area contributed by atoms with Gasteiger partial charge in [0, 0.05) is 11.6 Å². The standard InChI is InChI=1S/C20H16N2O6S/c1-27-16-9-14(28-10-11-3-2-4-13(7-11)19(25)26)6-5-12(16)8-15-17(23)21-20(29)22-18(15)24/h2-9H,10H2,1H3,(H,25,26)(H2,21,22,23,24,29). The number of hydrogen-bond acceptors (Lipinski definition) is 6. The van der Waals surface area contributed by atoms with Crippen LogP contribution in [0.1, 0.15) is 21.5 Å². The van der Waals surface area contributed by atoms with E-state index in [1.54, 1.807) is 30.3 Å². The second-order valence-electron chi connectivity index (χ2n) is 5.99. The molecule has 9 heteroatoms. The van der Waals surface area contributed by atoms with Crippen molar-refractivity contribution in [1.29, 1.82) is 0 Å². The lowest BCUT2D eigenvalue weighted by molar-refractivity contribution is -0.123. The van der Waals surface area contributed by atoms with E-state index in [2.05, 4.69) is 10.6 Å². The van der Waals surface area contributed by atoms with Gasteiger partial charge in [-0.1, -0.05) is 12.1 Å². The number of carbonyl (C=O) groups is 3. The molecule has 1 aliphatic rings. The van der Waals surface area contributed by atoms with Crippen molar-refractivity contribution < 1.29 is 29.0 Å². The number of carbonyl (C=O) groups excluding carboxylic acids is 2. The van der Waals surface area contributed by atoms with Crippen molar-refractivity contribution >= 4 is 41.2 Å². The predicted molar refractivity (Wildman–Crippen MR) is 108 cm³/mol. The Bertz CT molecular complexity index is 1030. The molecule has 8 nitrogen and oxygen atoms in total. The Kier molecular flexibility index (Phi) is 5.89. The molecule has 3 rings (SSSR count). The Balaban J connectivity index is 1.79. The lowest BCUT2D eigenvalue weighted by atomic mass is 10.1. The Hall–Kier alpha value is -3.72. The first-order valence-electron chi connectivity index (χ1n) is 8.39. The number of carboxylic acid groups (broad SMARTS) is 1. The maximum Gasteiger partial charge on any atom is 0.335 e. The minimum absolute atomic E-state index is 0.0418. The van der Waals surface area contributed by atoms with Crippen LogP contribution in [0.5, 0.6) is 11.5 Å². The summed E-state index contributed by atoms with van der Waals surface area (Å²) in [6.45, 7) is 0.160. The quantitative estimate of drug-likeness (QED) is 0.377. The summed E-state index contributed by atoms with van der Waals surface area (Å²) in [4.78, 5) is 35.0. The van der Waals surface area contributed by atoms with Crippen molar-refractivity contribution in [1.82, 2.24) is 10.6 Å². The largest absolute Gasteiger partial charge is 0.496 e. The highest BCUT2D eigenvalue weighted by Gasteiger charge is 2.26. The number of amides is 2. The van der Waals surface area contributed by atoms with Crippen molar-refractivity contribution in [2.24, 2.45) is 0 Å².